The minimum absolute atomic E-state index is 1.17. The van der Waals surface area contributed by atoms with E-state index in [1.54, 1.807) is 0 Å². The molecule has 0 spiro atoms. The molecule has 0 atom stereocenters. The summed E-state index contributed by atoms with van der Waals surface area (Å²) in [4.78, 5) is 0. The Bertz CT molecular complexity index is 2790. The van der Waals surface area contributed by atoms with E-state index < -0.39 is 0 Å². The summed E-state index contributed by atoms with van der Waals surface area (Å²) in [5.74, 6) is 0. The van der Waals surface area contributed by atoms with Gasteiger partial charge in [0.1, 0.15) is 0 Å². The van der Waals surface area contributed by atoms with Crippen molar-refractivity contribution in [3.63, 3.8) is 0 Å². The second kappa shape index (κ2) is 9.90. The van der Waals surface area contributed by atoms with Crippen molar-refractivity contribution in [2.24, 2.45) is 0 Å². The van der Waals surface area contributed by atoms with E-state index >= 15 is 0 Å². The summed E-state index contributed by atoms with van der Waals surface area (Å²) in [6, 6.07) is 60.2. The molecule has 0 unspecified atom stereocenters. The molecule has 2 heterocycles. The van der Waals surface area contributed by atoms with Crippen LogP contribution in [0.2, 0.25) is 0 Å². The van der Waals surface area contributed by atoms with Crippen LogP contribution in [0.4, 0.5) is 0 Å². The van der Waals surface area contributed by atoms with E-state index in [0.717, 1.165) is 0 Å². The molecule has 0 saturated heterocycles. The third-order valence-corrected chi connectivity index (χ3v) is 10.7. The number of aromatic nitrogens is 1. The summed E-state index contributed by atoms with van der Waals surface area (Å²) in [7, 11) is 0. The number of fused-ring (bicyclic) bond motifs is 9. The first-order valence-corrected chi connectivity index (χ1v) is 16.6. The molecule has 1 nitrogen and oxygen atoms in total. The molecule has 0 aliphatic carbocycles. The third kappa shape index (κ3) is 3.74. The average Bonchev–Trinajstić information content (AvgIpc) is 3.66. The van der Waals surface area contributed by atoms with Gasteiger partial charge >= 0.3 is 0 Å². The van der Waals surface area contributed by atoms with Crippen molar-refractivity contribution in [1.82, 2.24) is 4.57 Å². The summed E-state index contributed by atoms with van der Waals surface area (Å²) >= 11 is 1.88. The van der Waals surface area contributed by atoms with E-state index in [-0.39, 0.29) is 0 Å². The van der Waals surface area contributed by atoms with E-state index in [2.05, 4.69) is 168 Å². The average molecular weight is 602 g/mol. The molecular formula is C44H27NS. The zero-order valence-corrected chi connectivity index (χ0v) is 25.8. The Labute approximate surface area is 270 Å². The predicted octanol–water partition coefficient (Wildman–Crippen LogP) is 12.8. The lowest BCUT2D eigenvalue weighted by molar-refractivity contribution is 1.18. The molecular weight excluding hydrogens is 575 g/mol. The largest absolute Gasteiger partial charge is 0.309 e. The Hall–Kier alpha value is -5.70. The molecule has 8 aromatic carbocycles. The van der Waals surface area contributed by atoms with Crippen LogP contribution in [0.1, 0.15) is 0 Å². The van der Waals surface area contributed by atoms with Crippen molar-refractivity contribution in [2.75, 3.05) is 0 Å². The maximum Gasteiger partial charge on any atom is 0.0548 e. The van der Waals surface area contributed by atoms with Crippen molar-refractivity contribution in [3.05, 3.63) is 164 Å². The lowest BCUT2D eigenvalue weighted by atomic mass is 9.96. The number of rotatable bonds is 3. The fourth-order valence-electron chi connectivity index (χ4n) is 7.52. The fraction of sp³-hybridized carbons (Fsp3) is 0. The Morgan fingerprint density at radius 3 is 1.70 bits per heavy atom. The molecule has 0 radical (unpaired) electrons. The lowest BCUT2D eigenvalue weighted by Crippen LogP contribution is -1.94. The van der Waals surface area contributed by atoms with Crippen molar-refractivity contribution in [2.45, 2.75) is 0 Å². The van der Waals surface area contributed by atoms with Crippen molar-refractivity contribution in [1.29, 1.82) is 0 Å². The van der Waals surface area contributed by atoms with Gasteiger partial charge in [0.2, 0.25) is 0 Å². The molecule has 10 aromatic rings. The lowest BCUT2D eigenvalue weighted by Gasteiger charge is -2.11. The standard InChI is InChI=1S/C44H27NS/c1-3-13-33-28(9-1)11-7-16-35(33)30-19-22-32(23-20-30)45-39-24-21-31(36-17-8-12-29-10-2-4-14-34(29)36)27-38(39)43-40(45)25-26-42-44(43)37-15-5-6-18-41(37)46-42/h1-27H. The summed E-state index contributed by atoms with van der Waals surface area (Å²) < 4.78 is 5.11. The molecule has 2 aromatic heterocycles. The van der Waals surface area contributed by atoms with Crippen LogP contribution in [-0.2, 0) is 0 Å². The van der Waals surface area contributed by atoms with Crippen LogP contribution in [0.25, 0.3) is 91.5 Å². The Balaban J connectivity index is 1.25. The number of thiophene rings is 1. The van der Waals surface area contributed by atoms with Crippen LogP contribution >= 0.6 is 11.3 Å². The first-order valence-electron chi connectivity index (χ1n) is 15.8. The zero-order valence-electron chi connectivity index (χ0n) is 24.9. The van der Waals surface area contributed by atoms with E-state index in [1.807, 2.05) is 11.3 Å². The third-order valence-electron chi connectivity index (χ3n) is 9.60. The molecule has 0 amide bonds. The Morgan fingerprint density at radius 1 is 0.370 bits per heavy atom. The van der Waals surface area contributed by atoms with Gasteiger partial charge < -0.3 is 4.57 Å². The van der Waals surface area contributed by atoms with Crippen LogP contribution in [0.3, 0.4) is 0 Å². The maximum absolute atomic E-state index is 2.45. The normalized spacial score (nSPS) is 11.9. The summed E-state index contributed by atoms with van der Waals surface area (Å²) in [5.41, 5.74) is 8.62. The van der Waals surface area contributed by atoms with Gasteiger partial charge in [-0.15, -0.1) is 11.3 Å². The number of hydrogen-bond acceptors (Lipinski definition) is 1. The molecule has 0 N–H and O–H groups in total. The highest BCUT2D eigenvalue weighted by Gasteiger charge is 2.19. The monoisotopic (exact) mass is 601 g/mol. The van der Waals surface area contributed by atoms with Crippen molar-refractivity contribution >= 4 is 74.9 Å². The smallest absolute Gasteiger partial charge is 0.0548 e. The summed E-state index contributed by atoms with van der Waals surface area (Å²) in [6.45, 7) is 0. The molecule has 0 bridgehead atoms. The van der Waals surface area contributed by atoms with Gasteiger partial charge in [-0.05, 0) is 86.3 Å². The Morgan fingerprint density at radius 2 is 0.957 bits per heavy atom. The predicted molar refractivity (Wildman–Crippen MR) is 200 cm³/mol. The van der Waals surface area contributed by atoms with Crippen LogP contribution in [0, 0.1) is 0 Å². The molecule has 214 valence electrons. The van der Waals surface area contributed by atoms with Gasteiger partial charge in [0.15, 0.2) is 0 Å². The summed E-state index contributed by atoms with van der Waals surface area (Å²) in [6.07, 6.45) is 0. The van der Waals surface area contributed by atoms with Gasteiger partial charge in [-0.2, -0.15) is 0 Å². The van der Waals surface area contributed by atoms with E-state index in [1.165, 1.54) is 91.5 Å². The first kappa shape index (κ1) is 25.6. The fourth-order valence-corrected chi connectivity index (χ4v) is 8.63. The zero-order chi connectivity index (χ0) is 30.2. The second-order valence-corrected chi connectivity index (χ2v) is 13.2. The molecule has 0 saturated carbocycles. The molecule has 0 aliphatic rings. The highest BCUT2D eigenvalue weighted by atomic mass is 32.1. The van der Waals surface area contributed by atoms with Crippen LogP contribution in [-0.4, -0.2) is 4.57 Å². The molecule has 2 heteroatoms. The Kier molecular flexibility index (Phi) is 5.51. The minimum Gasteiger partial charge on any atom is -0.309 e. The van der Waals surface area contributed by atoms with E-state index in [4.69, 9.17) is 0 Å². The van der Waals surface area contributed by atoms with E-state index in [0.29, 0.717) is 0 Å². The molecule has 10 rings (SSSR count). The van der Waals surface area contributed by atoms with Crippen LogP contribution in [0.5, 0.6) is 0 Å². The van der Waals surface area contributed by atoms with E-state index in [9.17, 15) is 0 Å². The summed E-state index contributed by atoms with van der Waals surface area (Å²) in [5, 5.41) is 10.4. The van der Waals surface area contributed by atoms with Gasteiger partial charge in [0.25, 0.3) is 0 Å². The highest BCUT2D eigenvalue weighted by molar-refractivity contribution is 7.26. The first-order chi connectivity index (χ1) is 22.8. The maximum atomic E-state index is 2.45. The van der Waals surface area contributed by atoms with Crippen molar-refractivity contribution in [3.8, 4) is 27.9 Å². The number of benzene rings is 8. The van der Waals surface area contributed by atoms with Gasteiger partial charge in [-0.25, -0.2) is 0 Å². The minimum atomic E-state index is 1.17. The quantitative estimate of drug-likeness (QED) is 0.190. The second-order valence-electron chi connectivity index (χ2n) is 12.1. The number of nitrogens with zero attached hydrogens (tertiary/aromatic N) is 1. The molecule has 0 aliphatic heterocycles. The van der Waals surface area contributed by atoms with Crippen molar-refractivity contribution < 1.29 is 0 Å². The molecule has 46 heavy (non-hydrogen) atoms. The van der Waals surface area contributed by atoms with Gasteiger partial charge in [-0.1, -0.05) is 121 Å². The van der Waals surface area contributed by atoms with Crippen LogP contribution < -0.4 is 0 Å². The van der Waals surface area contributed by atoms with Crippen LogP contribution in [0.15, 0.2) is 164 Å². The van der Waals surface area contributed by atoms with Gasteiger partial charge in [-0.3, -0.25) is 0 Å². The van der Waals surface area contributed by atoms with Gasteiger partial charge in [0.05, 0.1) is 11.0 Å². The SMILES string of the molecule is c1ccc2c(-c3ccc(-n4c5ccc(-c6cccc7ccccc67)cc5c5c6c(ccc54)sc4ccccc46)cc3)cccc2c1. The topological polar surface area (TPSA) is 4.93 Å². The molecule has 0 fully saturated rings. The highest BCUT2D eigenvalue weighted by Crippen LogP contribution is 2.44. The van der Waals surface area contributed by atoms with Gasteiger partial charge in [0, 0.05) is 36.6 Å². The number of hydrogen-bond donors (Lipinski definition) is 0.